The van der Waals surface area contributed by atoms with Gasteiger partial charge in [0.1, 0.15) is 0 Å². The van der Waals surface area contributed by atoms with Crippen LogP contribution < -0.4 is 9.80 Å². The third-order valence-electron chi connectivity index (χ3n) is 13.2. The Labute approximate surface area is 351 Å². The summed E-state index contributed by atoms with van der Waals surface area (Å²) in [5.74, 6) is 0. The first-order valence-electron chi connectivity index (χ1n) is 21.6. The average molecular weight is 769 g/mol. The van der Waals surface area contributed by atoms with Gasteiger partial charge in [-0.05, 0) is 162 Å². The molecule has 0 amide bonds. The second-order valence-electron chi connectivity index (χ2n) is 16.6. The van der Waals surface area contributed by atoms with E-state index in [4.69, 9.17) is 0 Å². The van der Waals surface area contributed by atoms with Gasteiger partial charge in [-0.15, -0.1) is 0 Å². The van der Waals surface area contributed by atoms with E-state index in [0.717, 1.165) is 38.8 Å². The van der Waals surface area contributed by atoms with Gasteiger partial charge < -0.3 is 9.80 Å². The number of nitrogens with zero attached hydrogens (tertiary/aromatic N) is 2. The third-order valence-corrected chi connectivity index (χ3v) is 13.2. The Morgan fingerprint density at radius 3 is 1.60 bits per heavy atom. The predicted octanol–water partition coefficient (Wildman–Crippen LogP) is 15.5. The number of para-hydroxylation sites is 2. The molecule has 0 radical (unpaired) electrons. The van der Waals surface area contributed by atoms with Crippen LogP contribution >= 0.6 is 0 Å². The number of fused-ring (bicyclic) bond motifs is 6. The molecule has 0 N–H and O–H groups in total. The van der Waals surface area contributed by atoms with Gasteiger partial charge in [0.2, 0.25) is 0 Å². The van der Waals surface area contributed by atoms with Crippen molar-refractivity contribution in [3.63, 3.8) is 0 Å². The van der Waals surface area contributed by atoms with Crippen LogP contribution in [-0.4, -0.2) is 13.1 Å². The smallest absolute Gasteiger partial charge is 0.0443 e. The molecule has 0 aliphatic carbocycles. The SMILES string of the molecule is c1cc(-c2ccc3ccccc3c2)cc(-c2c3cc(N4CCCc5ccccc54)ccc3c(-c3cccc4ccccc34)c3cc(N4CCCc5ccccc54)ccc23)c1. The van der Waals surface area contributed by atoms with Gasteiger partial charge >= 0.3 is 0 Å². The molecule has 0 saturated carbocycles. The monoisotopic (exact) mass is 768 g/mol. The maximum atomic E-state index is 2.55. The van der Waals surface area contributed by atoms with E-state index in [-0.39, 0.29) is 0 Å². The van der Waals surface area contributed by atoms with Crippen molar-refractivity contribution in [3.8, 4) is 33.4 Å². The quantitative estimate of drug-likeness (QED) is 0.161. The number of benzene rings is 10. The Morgan fingerprint density at radius 1 is 0.317 bits per heavy atom. The van der Waals surface area contributed by atoms with Gasteiger partial charge in [0.25, 0.3) is 0 Å². The highest BCUT2D eigenvalue weighted by atomic mass is 15.1. The molecule has 60 heavy (non-hydrogen) atoms. The van der Waals surface area contributed by atoms with Crippen LogP contribution in [0.4, 0.5) is 22.7 Å². The Hall–Kier alpha value is -7.16. The third kappa shape index (κ3) is 5.78. The van der Waals surface area contributed by atoms with Crippen LogP contribution in [0, 0.1) is 0 Å². The van der Waals surface area contributed by atoms with Gasteiger partial charge in [-0.1, -0.05) is 146 Å². The van der Waals surface area contributed by atoms with E-state index in [2.05, 4.69) is 204 Å². The zero-order valence-corrected chi connectivity index (χ0v) is 33.6. The molecule has 0 unspecified atom stereocenters. The summed E-state index contributed by atoms with van der Waals surface area (Å²) in [6.45, 7) is 2.00. The lowest BCUT2D eigenvalue weighted by Gasteiger charge is -2.32. The standard InChI is InChI=1S/C58H44N2/c1-2-17-43-35-45(28-27-39(43)13-1)44-19-9-20-46(36-44)57-51-31-29-48(60-34-12-22-42-16-5-8-26-56(42)60)38-54(51)58(50-24-10-18-40-14-3-6-23-49(40)50)52-32-30-47(37-53(52)57)59-33-11-21-41-15-4-7-25-55(41)59/h1-10,13-20,23-32,35-38H,11-12,21-22,33-34H2. The first-order chi connectivity index (χ1) is 29.7. The van der Waals surface area contributed by atoms with E-state index in [0.29, 0.717) is 0 Å². The minimum absolute atomic E-state index is 1.000. The molecule has 0 atom stereocenters. The Kier molecular flexibility index (Phi) is 8.30. The van der Waals surface area contributed by atoms with Gasteiger partial charge in [0, 0.05) is 35.8 Å². The fourth-order valence-electron chi connectivity index (χ4n) is 10.4. The molecule has 2 aliphatic rings. The van der Waals surface area contributed by atoms with E-state index in [1.807, 2.05) is 0 Å². The molecule has 286 valence electrons. The molecule has 2 aliphatic heterocycles. The van der Waals surface area contributed by atoms with Crippen molar-refractivity contribution < 1.29 is 0 Å². The van der Waals surface area contributed by atoms with E-state index in [1.165, 1.54) is 110 Å². The highest BCUT2D eigenvalue weighted by molar-refractivity contribution is 6.24. The zero-order valence-electron chi connectivity index (χ0n) is 33.6. The number of hydrogen-bond donors (Lipinski definition) is 0. The predicted molar refractivity (Wildman–Crippen MR) is 256 cm³/mol. The topological polar surface area (TPSA) is 6.48 Å². The molecule has 2 heterocycles. The molecule has 10 aromatic rings. The van der Waals surface area contributed by atoms with Gasteiger partial charge in [-0.2, -0.15) is 0 Å². The van der Waals surface area contributed by atoms with Crippen LogP contribution in [0.25, 0.3) is 76.5 Å². The lowest BCUT2D eigenvalue weighted by molar-refractivity contribution is 0.767. The molecule has 0 bridgehead atoms. The second-order valence-corrected chi connectivity index (χ2v) is 16.6. The van der Waals surface area contributed by atoms with Crippen LogP contribution in [0.5, 0.6) is 0 Å². The van der Waals surface area contributed by atoms with E-state index < -0.39 is 0 Å². The van der Waals surface area contributed by atoms with Gasteiger partial charge in [-0.25, -0.2) is 0 Å². The summed E-state index contributed by atoms with van der Waals surface area (Å²) in [4.78, 5) is 5.10. The van der Waals surface area contributed by atoms with Crippen molar-refractivity contribution in [2.24, 2.45) is 0 Å². The Balaban J connectivity index is 1.17. The number of rotatable bonds is 5. The molecule has 10 aromatic carbocycles. The maximum absolute atomic E-state index is 2.55. The van der Waals surface area contributed by atoms with Crippen molar-refractivity contribution >= 4 is 65.8 Å². The van der Waals surface area contributed by atoms with Crippen LogP contribution in [0.2, 0.25) is 0 Å². The summed E-state index contributed by atoms with van der Waals surface area (Å²) >= 11 is 0. The largest absolute Gasteiger partial charge is 0.341 e. The maximum Gasteiger partial charge on any atom is 0.0443 e. The molecule has 0 saturated heterocycles. The Morgan fingerprint density at radius 2 is 0.867 bits per heavy atom. The zero-order chi connectivity index (χ0) is 39.6. The number of hydrogen-bond acceptors (Lipinski definition) is 2. The molecule has 2 heteroatoms. The van der Waals surface area contributed by atoms with Crippen LogP contribution in [0.3, 0.4) is 0 Å². The average Bonchev–Trinajstić information content (AvgIpc) is 3.32. The molecule has 12 rings (SSSR count). The van der Waals surface area contributed by atoms with Crippen molar-refractivity contribution in [1.29, 1.82) is 0 Å². The van der Waals surface area contributed by atoms with Crippen LogP contribution in [-0.2, 0) is 12.8 Å². The van der Waals surface area contributed by atoms with E-state index >= 15 is 0 Å². The minimum atomic E-state index is 1.000. The summed E-state index contributed by atoms with van der Waals surface area (Å²) < 4.78 is 0. The van der Waals surface area contributed by atoms with Crippen molar-refractivity contribution in [2.45, 2.75) is 25.7 Å². The van der Waals surface area contributed by atoms with Gasteiger partial charge in [0.15, 0.2) is 0 Å². The molecule has 0 aromatic heterocycles. The normalized spacial score (nSPS) is 13.9. The highest BCUT2D eigenvalue weighted by Gasteiger charge is 2.24. The van der Waals surface area contributed by atoms with Crippen molar-refractivity contribution in [1.82, 2.24) is 0 Å². The summed E-state index contributed by atoms with van der Waals surface area (Å²) in [5.41, 5.74) is 15.5. The first kappa shape index (κ1) is 34.8. The minimum Gasteiger partial charge on any atom is -0.341 e. The summed E-state index contributed by atoms with van der Waals surface area (Å²) in [6, 6.07) is 73.1. The van der Waals surface area contributed by atoms with E-state index in [1.54, 1.807) is 0 Å². The van der Waals surface area contributed by atoms with Gasteiger partial charge in [0.05, 0.1) is 0 Å². The van der Waals surface area contributed by atoms with Crippen molar-refractivity contribution in [2.75, 3.05) is 22.9 Å². The molecular formula is C58H44N2. The summed E-state index contributed by atoms with van der Waals surface area (Å²) in [7, 11) is 0. The number of aryl methyl sites for hydroxylation is 2. The molecule has 0 fully saturated rings. The first-order valence-corrected chi connectivity index (χ1v) is 21.6. The van der Waals surface area contributed by atoms with Crippen LogP contribution in [0.1, 0.15) is 24.0 Å². The highest BCUT2D eigenvalue weighted by Crippen LogP contribution is 2.49. The molecule has 2 nitrogen and oxygen atoms in total. The Bertz CT molecular complexity index is 3300. The summed E-state index contributed by atoms with van der Waals surface area (Å²) in [5, 5.41) is 10.1. The van der Waals surface area contributed by atoms with E-state index in [9.17, 15) is 0 Å². The van der Waals surface area contributed by atoms with Gasteiger partial charge in [-0.3, -0.25) is 0 Å². The summed E-state index contributed by atoms with van der Waals surface area (Å²) in [6.07, 6.45) is 4.51. The van der Waals surface area contributed by atoms with Crippen molar-refractivity contribution in [3.05, 3.63) is 205 Å². The molecular weight excluding hydrogens is 725 g/mol. The fraction of sp³-hybridized carbons (Fsp3) is 0.103. The molecule has 0 spiro atoms. The lowest BCUT2D eigenvalue weighted by atomic mass is 9.83. The lowest BCUT2D eigenvalue weighted by Crippen LogP contribution is -2.24. The number of anilines is 4. The second kappa shape index (κ2) is 14.3. The fourth-order valence-corrected chi connectivity index (χ4v) is 10.4. The van der Waals surface area contributed by atoms with Crippen LogP contribution in [0.15, 0.2) is 194 Å².